The second-order valence-corrected chi connectivity index (χ2v) is 6.98. The molecule has 1 spiro atoms. The van der Waals surface area contributed by atoms with Crippen molar-refractivity contribution in [3.05, 3.63) is 54.1 Å². The van der Waals surface area contributed by atoms with Crippen molar-refractivity contribution in [3.63, 3.8) is 0 Å². The van der Waals surface area contributed by atoms with Gasteiger partial charge in [0, 0.05) is 42.9 Å². The maximum atomic E-state index is 12.6. The van der Waals surface area contributed by atoms with Crippen LogP contribution in [0.4, 0.5) is 0 Å². The second-order valence-electron chi connectivity index (χ2n) is 6.98. The molecule has 25 heavy (non-hydrogen) atoms. The van der Waals surface area contributed by atoms with Crippen LogP contribution in [0.25, 0.3) is 0 Å². The largest absolute Gasteiger partial charge is 0.497 e. The van der Waals surface area contributed by atoms with Gasteiger partial charge in [0.2, 0.25) is 0 Å². The van der Waals surface area contributed by atoms with Crippen molar-refractivity contribution < 1.29 is 14.3 Å². The third-order valence-electron chi connectivity index (χ3n) is 5.04. The van der Waals surface area contributed by atoms with Crippen molar-refractivity contribution in [2.45, 2.75) is 18.9 Å². The van der Waals surface area contributed by atoms with Crippen molar-refractivity contribution in [1.29, 1.82) is 0 Å². The molecule has 1 aromatic heterocycles. The minimum absolute atomic E-state index is 0.0770. The highest BCUT2D eigenvalue weighted by molar-refractivity contribution is 5.95. The lowest BCUT2D eigenvalue weighted by molar-refractivity contribution is -0.00134. The number of amides is 1. The first-order valence-corrected chi connectivity index (χ1v) is 8.46. The summed E-state index contributed by atoms with van der Waals surface area (Å²) < 4.78 is 11.1. The van der Waals surface area contributed by atoms with Crippen LogP contribution in [0.15, 0.2) is 43.0 Å². The van der Waals surface area contributed by atoms with Gasteiger partial charge >= 0.3 is 0 Å². The number of hydrogen-bond donors (Lipinski definition) is 0. The topological polar surface area (TPSA) is 64.5 Å². The van der Waals surface area contributed by atoms with Gasteiger partial charge in [-0.05, 0) is 36.2 Å². The maximum absolute atomic E-state index is 12.6. The molecule has 6 heteroatoms. The molecule has 2 aliphatic heterocycles. The number of benzene rings is 1. The zero-order chi connectivity index (χ0) is 17.3. The molecule has 0 N–H and O–H groups in total. The molecule has 3 heterocycles. The zero-order valence-corrected chi connectivity index (χ0v) is 14.2. The van der Waals surface area contributed by atoms with E-state index in [9.17, 15) is 4.79 Å². The monoisotopic (exact) mass is 339 g/mol. The minimum atomic E-state index is 0.0770. The van der Waals surface area contributed by atoms with Gasteiger partial charge in [0.1, 0.15) is 12.1 Å². The maximum Gasteiger partial charge on any atom is 0.253 e. The minimum Gasteiger partial charge on any atom is -0.497 e. The molecule has 1 amide bonds. The smallest absolute Gasteiger partial charge is 0.253 e. The number of nitrogens with zero attached hydrogens (tertiary/aromatic N) is 3. The van der Waals surface area contributed by atoms with Crippen LogP contribution in [0.3, 0.4) is 0 Å². The van der Waals surface area contributed by atoms with Gasteiger partial charge < -0.3 is 14.4 Å². The van der Waals surface area contributed by atoms with Crippen LogP contribution < -0.4 is 4.74 Å². The SMILES string of the molecule is COc1ccc(C(=O)N2CC3(COC(Cc4cncnc4)C3)C2)cc1. The van der Waals surface area contributed by atoms with Crippen molar-refractivity contribution >= 4 is 5.91 Å². The van der Waals surface area contributed by atoms with E-state index in [0.717, 1.165) is 43.9 Å². The Morgan fingerprint density at radius 2 is 2.00 bits per heavy atom. The average Bonchev–Trinajstić information content (AvgIpc) is 3.05. The van der Waals surface area contributed by atoms with Crippen LogP contribution >= 0.6 is 0 Å². The molecule has 0 aliphatic carbocycles. The molecule has 0 radical (unpaired) electrons. The van der Waals surface area contributed by atoms with Gasteiger partial charge in [0.15, 0.2) is 0 Å². The van der Waals surface area contributed by atoms with E-state index in [1.165, 1.54) is 6.33 Å². The Labute approximate surface area is 146 Å². The fraction of sp³-hybridized carbons (Fsp3) is 0.421. The predicted molar refractivity (Wildman–Crippen MR) is 91.4 cm³/mol. The van der Waals surface area contributed by atoms with Gasteiger partial charge in [-0.15, -0.1) is 0 Å². The molecule has 0 bridgehead atoms. The van der Waals surface area contributed by atoms with Gasteiger partial charge in [-0.25, -0.2) is 9.97 Å². The number of rotatable bonds is 4. The molecule has 2 aliphatic rings. The summed E-state index contributed by atoms with van der Waals surface area (Å²) >= 11 is 0. The molecule has 130 valence electrons. The molecule has 4 rings (SSSR count). The average molecular weight is 339 g/mol. The number of likely N-dealkylation sites (tertiary alicyclic amines) is 1. The number of methoxy groups -OCH3 is 1. The molecular formula is C19H21N3O3. The lowest BCUT2D eigenvalue weighted by Gasteiger charge is -2.47. The van der Waals surface area contributed by atoms with Crippen molar-refractivity contribution in [1.82, 2.24) is 14.9 Å². The van der Waals surface area contributed by atoms with Crippen LogP contribution in [-0.4, -0.2) is 53.7 Å². The standard InChI is InChI=1S/C19H21N3O3/c1-24-16-4-2-15(3-5-16)18(23)22-10-19(11-22)7-17(25-12-19)6-14-8-20-13-21-9-14/h2-5,8-9,13,17H,6-7,10-12H2,1H3. The van der Waals surface area contributed by atoms with E-state index in [0.29, 0.717) is 5.56 Å². The number of carbonyl (C=O) groups excluding carboxylic acids is 1. The van der Waals surface area contributed by atoms with E-state index in [-0.39, 0.29) is 17.4 Å². The van der Waals surface area contributed by atoms with Crippen LogP contribution in [0, 0.1) is 5.41 Å². The first kappa shape index (κ1) is 16.0. The molecule has 1 unspecified atom stereocenters. The highest BCUT2D eigenvalue weighted by Crippen LogP contribution is 2.42. The summed E-state index contributed by atoms with van der Waals surface area (Å²) in [5.74, 6) is 0.835. The Morgan fingerprint density at radius 3 is 2.68 bits per heavy atom. The fourth-order valence-corrected chi connectivity index (χ4v) is 3.77. The molecule has 0 saturated carbocycles. The zero-order valence-electron chi connectivity index (χ0n) is 14.2. The molecule has 1 atom stereocenters. The Morgan fingerprint density at radius 1 is 1.28 bits per heavy atom. The summed E-state index contributed by atoms with van der Waals surface area (Å²) in [6.07, 6.45) is 7.20. The summed E-state index contributed by atoms with van der Waals surface area (Å²) in [6.45, 7) is 2.25. The number of ether oxygens (including phenoxy) is 2. The quantitative estimate of drug-likeness (QED) is 0.852. The third-order valence-corrected chi connectivity index (χ3v) is 5.04. The molecule has 2 aromatic rings. The van der Waals surface area contributed by atoms with Crippen LogP contribution in [0.5, 0.6) is 5.75 Å². The molecule has 2 fully saturated rings. The van der Waals surface area contributed by atoms with Gasteiger partial charge in [-0.1, -0.05) is 0 Å². The molecule has 2 saturated heterocycles. The summed E-state index contributed by atoms with van der Waals surface area (Å²) in [5, 5.41) is 0. The Balaban J connectivity index is 1.33. The van der Waals surface area contributed by atoms with Crippen molar-refractivity contribution in [2.24, 2.45) is 5.41 Å². The summed E-state index contributed by atoms with van der Waals surface area (Å²) in [6, 6.07) is 7.27. The number of carbonyl (C=O) groups is 1. The first-order chi connectivity index (χ1) is 12.2. The van der Waals surface area contributed by atoms with E-state index >= 15 is 0 Å². The first-order valence-electron chi connectivity index (χ1n) is 8.46. The van der Waals surface area contributed by atoms with Crippen molar-refractivity contribution in [3.8, 4) is 5.75 Å². The van der Waals surface area contributed by atoms with Crippen LogP contribution in [0.1, 0.15) is 22.3 Å². The highest BCUT2D eigenvalue weighted by Gasteiger charge is 2.50. The van der Waals surface area contributed by atoms with Gasteiger partial charge in [0.25, 0.3) is 5.91 Å². The number of aromatic nitrogens is 2. The van der Waals surface area contributed by atoms with Gasteiger partial charge in [-0.2, -0.15) is 0 Å². The van der Waals surface area contributed by atoms with Gasteiger partial charge in [-0.3, -0.25) is 4.79 Å². The Hall–Kier alpha value is -2.47. The predicted octanol–water partition coefficient (Wildman–Crippen LogP) is 1.96. The Bertz CT molecular complexity index is 742. The summed E-state index contributed by atoms with van der Waals surface area (Å²) in [7, 11) is 1.62. The molecular weight excluding hydrogens is 318 g/mol. The van der Waals surface area contributed by atoms with Gasteiger partial charge in [0.05, 0.1) is 19.8 Å². The lowest BCUT2D eigenvalue weighted by atomic mass is 9.77. The van der Waals surface area contributed by atoms with Crippen LogP contribution in [0.2, 0.25) is 0 Å². The van der Waals surface area contributed by atoms with E-state index < -0.39 is 0 Å². The van der Waals surface area contributed by atoms with E-state index in [2.05, 4.69) is 9.97 Å². The molecule has 1 aromatic carbocycles. The van der Waals surface area contributed by atoms with E-state index in [4.69, 9.17) is 9.47 Å². The second kappa shape index (κ2) is 6.44. The number of hydrogen-bond acceptors (Lipinski definition) is 5. The van der Waals surface area contributed by atoms with E-state index in [1.54, 1.807) is 7.11 Å². The van der Waals surface area contributed by atoms with E-state index in [1.807, 2.05) is 41.6 Å². The molecule has 6 nitrogen and oxygen atoms in total. The Kier molecular flexibility index (Phi) is 4.13. The van der Waals surface area contributed by atoms with Crippen LogP contribution in [-0.2, 0) is 11.2 Å². The third kappa shape index (κ3) is 3.22. The normalized spacial score (nSPS) is 21.2. The fourth-order valence-electron chi connectivity index (χ4n) is 3.77. The highest BCUT2D eigenvalue weighted by atomic mass is 16.5. The summed E-state index contributed by atoms with van der Waals surface area (Å²) in [5.41, 5.74) is 1.91. The lowest BCUT2D eigenvalue weighted by Crippen LogP contribution is -2.58. The summed E-state index contributed by atoms with van der Waals surface area (Å²) in [4.78, 5) is 22.6. The van der Waals surface area contributed by atoms with Crippen molar-refractivity contribution in [2.75, 3.05) is 26.8 Å².